The van der Waals surface area contributed by atoms with Crippen molar-refractivity contribution in [3.8, 4) is 11.5 Å². The number of hydrogen-bond donors (Lipinski definition) is 2. The van der Waals surface area contributed by atoms with Crippen molar-refractivity contribution in [1.29, 1.82) is 0 Å². The standard InChI is InChI=1S/C17H16F2N2O4/c1-3-25-14-5-4-10(8-15(14)24-2)16(22)20-21-17(23)11-6-12(18)9-13(19)7-11/h4-9H,3H2,1-2H3,(H,20,22)(H,21,23). The van der Waals surface area contributed by atoms with E-state index in [2.05, 4.69) is 10.9 Å². The van der Waals surface area contributed by atoms with Crippen molar-refractivity contribution < 1.29 is 27.8 Å². The Morgan fingerprint density at radius 3 is 2.08 bits per heavy atom. The Morgan fingerprint density at radius 2 is 1.52 bits per heavy atom. The summed E-state index contributed by atoms with van der Waals surface area (Å²) in [6, 6.07) is 6.82. The lowest BCUT2D eigenvalue weighted by atomic mass is 10.2. The number of methoxy groups -OCH3 is 1. The van der Waals surface area contributed by atoms with Crippen molar-refractivity contribution in [2.75, 3.05) is 13.7 Å². The third-order valence-corrected chi connectivity index (χ3v) is 3.14. The minimum atomic E-state index is -0.896. The molecule has 2 rings (SSSR count). The van der Waals surface area contributed by atoms with E-state index in [9.17, 15) is 18.4 Å². The van der Waals surface area contributed by atoms with Crippen LogP contribution < -0.4 is 20.3 Å². The summed E-state index contributed by atoms with van der Waals surface area (Å²) < 4.78 is 36.7. The average molecular weight is 350 g/mol. The highest BCUT2D eigenvalue weighted by atomic mass is 19.1. The van der Waals surface area contributed by atoms with E-state index in [1.807, 2.05) is 6.92 Å². The molecule has 132 valence electrons. The van der Waals surface area contributed by atoms with E-state index in [4.69, 9.17) is 9.47 Å². The minimum absolute atomic E-state index is 0.200. The maximum absolute atomic E-state index is 13.1. The van der Waals surface area contributed by atoms with Crippen LogP contribution in [0.3, 0.4) is 0 Å². The molecule has 6 nitrogen and oxygen atoms in total. The van der Waals surface area contributed by atoms with Crippen LogP contribution in [0.2, 0.25) is 0 Å². The van der Waals surface area contributed by atoms with Gasteiger partial charge in [-0.25, -0.2) is 8.78 Å². The third kappa shape index (κ3) is 4.66. The molecular formula is C17H16F2N2O4. The number of amides is 2. The number of hydrogen-bond acceptors (Lipinski definition) is 4. The SMILES string of the molecule is CCOc1ccc(C(=O)NNC(=O)c2cc(F)cc(F)c2)cc1OC. The molecule has 2 aromatic rings. The number of nitrogens with one attached hydrogen (secondary N) is 2. The Labute approximate surface area is 142 Å². The van der Waals surface area contributed by atoms with Crippen LogP contribution in [0.1, 0.15) is 27.6 Å². The maximum atomic E-state index is 13.1. The molecule has 2 aromatic carbocycles. The van der Waals surface area contributed by atoms with Gasteiger partial charge in [0.05, 0.1) is 13.7 Å². The molecule has 0 bridgehead atoms. The maximum Gasteiger partial charge on any atom is 0.269 e. The Balaban J connectivity index is 2.05. The minimum Gasteiger partial charge on any atom is -0.493 e. The fourth-order valence-electron chi connectivity index (χ4n) is 2.03. The van der Waals surface area contributed by atoms with Crippen molar-refractivity contribution in [2.45, 2.75) is 6.92 Å². The van der Waals surface area contributed by atoms with Crippen LogP contribution in [0.25, 0.3) is 0 Å². The molecule has 0 atom stereocenters. The molecule has 0 aliphatic heterocycles. The van der Waals surface area contributed by atoms with Gasteiger partial charge in [0.15, 0.2) is 11.5 Å². The van der Waals surface area contributed by atoms with Gasteiger partial charge in [0.25, 0.3) is 11.8 Å². The Hall–Kier alpha value is -3.16. The van der Waals surface area contributed by atoms with Crippen molar-refractivity contribution in [2.24, 2.45) is 0 Å². The van der Waals surface area contributed by atoms with E-state index >= 15 is 0 Å². The van der Waals surface area contributed by atoms with Gasteiger partial charge in [-0.05, 0) is 37.3 Å². The first-order chi connectivity index (χ1) is 11.9. The molecule has 0 aliphatic carbocycles. The smallest absolute Gasteiger partial charge is 0.269 e. The molecule has 0 fully saturated rings. The number of carbonyl (C=O) groups excluding carboxylic acids is 2. The molecule has 2 amide bonds. The fraction of sp³-hybridized carbons (Fsp3) is 0.176. The van der Waals surface area contributed by atoms with Gasteiger partial charge in [-0.2, -0.15) is 0 Å². The Morgan fingerprint density at radius 1 is 0.920 bits per heavy atom. The van der Waals surface area contributed by atoms with E-state index in [-0.39, 0.29) is 11.1 Å². The highest BCUT2D eigenvalue weighted by Gasteiger charge is 2.13. The van der Waals surface area contributed by atoms with Crippen LogP contribution in [0.4, 0.5) is 8.78 Å². The summed E-state index contributed by atoms with van der Waals surface area (Å²) in [4.78, 5) is 23.9. The van der Waals surface area contributed by atoms with Gasteiger partial charge in [-0.3, -0.25) is 20.4 Å². The zero-order valence-electron chi connectivity index (χ0n) is 13.6. The second-order valence-corrected chi connectivity index (χ2v) is 4.87. The largest absolute Gasteiger partial charge is 0.493 e. The van der Waals surface area contributed by atoms with Gasteiger partial charge in [0.1, 0.15) is 11.6 Å². The summed E-state index contributed by atoms with van der Waals surface area (Å²) in [5.41, 5.74) is 4.18. The summed E-state index contributed by atoms with van der Waals surface area (Å²) in [7, 11) is 1.43. The predicted molar refractivity (Wildman–Crippen MR) is 85.5 cm³/mol. The molecule has 0 saturated carbocycles. The number of halogens is 2. The highest BCUT2D eigenvalue weighted by molar-refractivity contribution is 5.99. The first kappa shape index (κ1) is 18.2. The van der Waals surface area contributed by atoms with Crippen LogP contribution in [-0.2, 0) is 0 Å². The van der Waals surface area contributed by atoms with E-state index in [1.54, 1.807) is 6.07 Å². The molecule has 0 spiro atoms. The number of rotatable bonds is 5. The second-order valence-electron chi connectivity index (χ2n) is 4.87. The van der Waals surface area contributed by atoms with E-state index in [0.717, 1.165) is 12.1 Å². The summed E-state index contributed by atoms with van der Waals surface area (Å²) in [5, 5.41) is 0. The zero-order chi connectivity index (χ0) is 18.4. The van der Waals surface area contributed by atoms with Crippen LogP contribution >= 0.6 is 0 Å². The van der Waals surface area contributed by atoms with Gasteiger partial charge in [-0.1, -0.05) is 0 Å². The third-order valence-electron chi connectivity index (χ3n) is 3.14. The quantitative estimate of drug-likeness (QED) is 0.812. The molecule has 2 N–H and O–H groups in total. The molecular weight excluding hydrogens is 334 g/mol. The highest BCUT2D eigenvalue weighted by Crippen LogP contribution is 2.27. The van der Waals surface area contributed by atoms with Gasteiger partial charge >= 0.3 is 0 Å². The van der Waals surface area contributed by atoms with E-state index in [1.165, 1.54) is 19.2 Å². The van der Waals surface area contributed by atoms with Gasteiger partial charge in [-0.15, -0.1) is 0 Å². The first-order valence-corrected chi connectivity index (χ1v) is 7.32. The van der Waals surface area contributed by atoms with E-state index in [0.29, 0.717) is 24.2 Å². The molecule has 0 unspecified atom stereocenters. The summed E-state index contributed by atoms with van der Waals surface area (Å²) in [6.07, 6.45) is 0. The molecule has 0 radical (unpaired) electrons. The lowest BCUT2D eigenvalue weighted by molar-refractivity contribution is 0.0846. The number of benzene rings is 2. The van der Waals surface area contributed by atoms with Crippen LogP contribution in [-0.4, -0.2) is 25.5 Å². The van der Waals surface area contributed by atoms with E-state index < -0.39 is 23.4 Å². The van der Waals surface area contributed by atoms with Gasteiger partial charge < -0.3 is 9.47 Å². The van der Waals surface area contributed by atoms with Gasteiger partial charge in [0.2, 0.25) is 0 Å². The van der Waals surface area contributed by atoms with Gasteiger partial charge in [0, 0.05) is 17.2 Å². The van der Waals surface area contributed by atoms with Crippen molar-refractivity contribution in [3.63, 3.8) is 0 Å². The van der Waals surface area contributed by atoms with Crippen LogP contribution in [0.5, 0.6) is 11.5 Å². The lowest BCUT2D eigenvalue weighted by Crippen LogP contribution is -2.41. The normalized spacial score (nSPS) is 10.1. The number of hydrazine groups is 1. The summed E-state index contributed by atoms with van der Waals surface area (Å²) >= 11 is 0. The predicted octanol–water partition coefficient (Wildman–Crippen LogP) is 2.45. The first-order valence-electron chi connectivity index (χ1n) is 7.32. The second kappa shape index (κ2) is 8.09. The lowest BCUT2D eigenvalue weighted by Gasteiger charge is -2.11. The monoisotopic (exact) mass is 350 g/mol. The van der Waals surface area contributed by atoms with Crippen LogP contribution in [0, 0.1) is 11.6 Å². The van der Waals surface area contributed by atoms with Crippen LogP contribution in [0.15, 0.2) is 36.4 Å². The molecule has 0 saturated heterocycles. The summed E-state index contributed by atoms with van der Waals surface area (Å²) in [5.74, 6) is -2.45. The summed E-state index contributed by atoms with van der Waals surface area (Å²) in [6.45, 7) is 2.24. The van der Waals surface area contributed by atoms with Crippen molar-refractivity contribution in [1.82, 2.24) is 10.9 Å². The fourth-order valence-corrected chi connectivity index (χ4v) is 2.03. The van der Waals surface area contributed by atoms with Crippen molar-refractivity contribution >= 4 is 11.8 Å². The Bertz CT molecular complexity index is 776. The average Bonchev–Trinajstić information content (AvgIpc) is 2.59. The zero-order valence-corrected chi connectivity index (χ0v) is 13.6. The molecule has 0 heterocycles. The number of carbonyl (C=O) groups is 2. The number of ether oxygens (including phenoxy) is 2. The van der Waals surface area contributed by atoms with Crippen molar-refractivity contribution in [3.05, 3.63) is 59.2 Å². The Kier molecular flexibility index (Phi) is 5.89. The molecule has 25 heavy (non-hydrogen) atoms. The molecule has 0 aliphatic rings. The molecule has 8 heteroatoms. The molecule has 0 aromatic heterocycles. The topological polar surface area (TPSA) is 76.7 Å².